The summed E-state index contributed by atoms with van der Waals surface area (Å²) >= 11 is 6.31. The van der Waals surface area contributed by atoms with Gasteiger partial charge in [-0.3, -0.25) is 0 Å². The van der Waals surface area contributed by atoms with Crippen LogP contribution in [0.1, 0.15) is 32.3 Å². The van der Waals surface area contributed by atoms with Gasteiger partial charge in [-0.25, -0.2) is 4.98 Å². The minimum atomic E-state index is -0.0628. The predicted molar refractivity (Wildman–Crippen MR) is 80.6 cm³/mol. The molecule has 0 aliphatic rings. The molecule has 0 saturated carbocycles. The molecule has 0 atom stereocenters. The van der Waals surface area contributed by atoms with Gasteiger partial charge in [0.2, 0.25) is 0 Å². The molecule has 20 heavy (non-hydrogen) atoms. The van der Waals surface area contributed by atoms with Crippen molar-refractivity contribution in [3.63, 3.8) is 0 Å². The highest BCUT2D eigenvalue weighted by Gasteiger charge is 2.21. The van der Waals surface area contributed by atoms with Crippen LogP contribution >= 0.6 is 11.6 Å². The van der Waals surface area contributed by atoms with Crippen LogP contribution < -0.4 is 10.6 Å². The maximum Gasteiger partial charge on any atom is 0.171 e. The Labute approximate surface area is 123 Å². The first kappa shape index (κ1) is 16.5. The van der Waals surface area contributed by atoms with Gasteiger partial charge in [-0.05, 0) is 18.9 Å². The van der Waals surface area contributed by atoms with Crippen molar-refractivity contribution in [2.75, 3.05) is 18.1 Å². The second kappa shape index (κ2) is 7.91. The van der Waals surface area contributed by atoms with Crippen molar-refractivity contribution in [1.29, 1.82) is 0 Å². The number of aromatic nitrogens is 1. The summed E-state index contributed by atoms with van der Waals surface area (Å²) in [6, 6.07) is 1.81. The molecule has 0 bridgehead atoms. The van der Waals surface area contributed by atoms with E-state index in [0.717, 1.165) is 12.8 Å². The molecule has 0 spiro atoms. The van der Waals surface area contributed by atoms with Gasteiger partial charge in [-0.2, -0.15) is 0 Å². The normalized spacial score (nSPS) is 11.9. The fraction of sp³-hybridized carbons (Fsp3) is 0.538. The molecule has 1 aromatic rings. The standard InChI is InChI=1S/C13H21ClN4O2/c1-3-9(4-2)18(7-8-19)13-11(14)10(5-6-16-13)12(15)17-20/h5-6,9,19-20H,3-4,7-8H2,1-2H3,(H2,15,17). The fourth-order valence-corrected chi connectivity index (χ4v) is 2.50. The molecular formula is C13H21ClN4O2. The van der Waals surface area contributed by atoms with Gasteiger partial charge in [0.15, 0.2) is 5.84 Å². The molecule has 0 fully saturated rings. The second-order valence-corrected chi connectivity index (χ2v) is 4.75. The number of halogens is 1. The van der Waals surface area contributed by atoms with E-state index in [1.807, 2.05) is 4.90 Å². The molecule has 0 aliphatic carbocycles. The van der Waals surface area contributed by atoms with Crippen LogP contribution in [0.5, 0.6) is 0 Å². The Morgan fingerprint density at radius 3 is 2.65 bits per heavy atom. The topological polar surface area (TPSA) is 95.0 Å². The van der Waals surface area contributed by atoms with E-state index in [4.69, 9.17) is 22.5 Å². The number of hydrogen-bond acceptors (Lipinski definition) is 5. The fourth-order valence-electron chi connectivity index (χ4n) is 2.18. The van der Waals surface area contributed by atoms with Crippen molar-refractivity contribution in [3.8, 4) is 0 Å². The van der Waals surface area contributed by atoms with Crippen molar-refractivity contribution >= 4 is 23.3 Å². The van der Waals surface area contributed by atoms with Gasteiger partial charge >= 0.3 is 0 Å². The molecule has 112 valence electrons. The van der Waals surface area contributed by atoms with Crippen molar-refractivity contribution in [2.24, 2.45) is 10.9 Å². The quantitative estimate of drug-likeness (QED) is 0.309. The summed E-state index contributed by atoms with van der Waals surface area (Å²) in [6.07, 6.45) is 3.37. The highest BCUT2D eigenvalue weighted by molar-refractivity contribution is 6.36. The zero-order valence-electron chi connectivity index (χ0n) is 11.8. The van der Waals surface area contributed by atoms with E-state index in [1.165, 1.54) is 0 Å². The zero-order valence-corrected chi connectivity index (χ0v) is 12.5. The highest BCUT2D eigenvalue weighted by Crippen LogP contribution is 2.29. The molecule has 0 aromatic carbocycles. The monoisotopic (exact) mass is 300 g/mol. The summed E-state index contributed by atoms with van der Waals surface area (Å²) < 4.78 is 0. The average Bonchev–Trinajstić information content (AvgIpc) is 2.47. The molecule has 1 rings (SSSR count). The lowest BCUT2D eigenvalue weighted by atomic mass is 10.1. The second-order valence-electron chi connectivity index (χ2n) is 4.37. The van der Waals surface area contributed by atoms with Gasteiger partial charge in [0, 0.05) is 24.3 Å². The number of aliphatic hydroxyl groups excluding tert-OH is 1. The third kappa shape index (κ3) is 3.52. The predicted octanol–water partition coefficient (Wildman–Crippen LogP) is 1.82. The summed E-state index contributed by atoms with van der Waals surface area (Å²) in [4.78, 5) is 6.24. The molecule has 1 aromatic heterocycles. The Morgan fingerprint density at radius 1 is 1.50 bits per heavy atom. The van der Waals surface area contributed by atoms with Crippen LogP contribution in [0.3, 0.4) is 0 Å². The molecule has 0 amide bonds. The third-order valence-electron chi connectivity index (χ3n) is 3.25. The van der Waals surface area contributed by atoms with Gasteiger partial charge in [0.1, 0.15) is 5.82 Å². The lowest BCUT2D eigenvalue weighted by Gasteiger charge is -2.32. The number of aliphatic hydroxyl groups is 1. The molecule has 0 aliphatic heterocycles. The van der Waals surface area contributed by atoms with E-state index in [2.05, 4.69) is 24.0 Å². The van der Waals surface area contributed by atoms with Crippen LogP contribution in [-0.4, -0.2) is 40.3 Å². The molecule has 0 unspecified atom stereocenters. The zero-order chi connectivity index (χ0) is 15.1. The van der Waals surface area contributed by atoms with E-state index in [9.17, 15) is 5.11 Å². The molecule has 0 saturated heterocycles. The first-order chi connectivity index (χ1) is 9.60. The first-order valence-electron chi connectivity index (χ1n) is 6.60. The van der Waals surface area contributed by atoms with Gasteiger partial charge in [-0.1, -0.05) is 30.6 Å². The Morgan fingerprint density at radius 2 is 2.15 bits per heavy atom. The Hall–Kier alpha value is -1.53. The smallest absolute Gasteiger partial charge is 0.171 e. The number of pyridine rings is 1. The van der Waals surface area contributed by atoms with Gasteiger partial charge in [0.25, 0.3) is 0 Å². The highest BCUT2D eigenvalue weighted by atomic mass is 35.5. The number of oxime groups is 1. The van der Waals surface area contributed by atoms with E-state index < -0.39 is 0 Å². The number of nitrogens with zero attached hydrogens (tertiary/aromatic N) is 3. The van der Waals surface area contributed by atoms with Crippen LogP contribution in [0.4, 0.5) is 5.82 Å². The molecule has 7 heteroatoms. The molecular weight excluding hydrogens is 280 g/mol. The summed E-state index contributed by atoms with van der Waals surface area (Å²) in [6.45, 7) is 4.57. The molecule has 6 nitrogen and oxygen atoms in total. The lowest BCUT2D eigenvalue weighted by molar-refractivity contribution is 0.295. The molecule has 0 radical (unpaired) electrons. The first-order valence-corrected chi connectivity index (χ1v) is 6.98. The number of nitrogens with two attached hydrogens (primary N) is 1. The Balaban J connectivity index is 3.27. The average molecular weight is 301 g/mol. The SMILES string of the molecule is CCC(CC)N(CCO)c1nccc(/C(N)=N/O)c1Cl. The van der Waals surface area contributed by atoms with Gasteiger partial charge < -0.3 is 20.9 Å². The van der Waals surface area contributed by atoms with Crippen molar-refractivity contribution in [3.05, 3.63) is 22.8 Å². The lowest BCUT2D eigenvalue weighted by Crippen LogP contribution is -2.38. The van der Waals surface area contributed by atoms with Crippen LogP contribution in [0.25, 0.3) is 0 Å². The number of amidine groups is 1. The number of anilines is 1. The molecule has 4 N–H and O–H groups in total. The van der Waals surface area contributed by atoms with E-state index in [-0.39, 0.29) is 18.5 Å². The summed E-state index contributed by atoms with van der Waals surface area (Å²) in [5, 5.41) is 21.3. The van der Waals surface area contributed by atoms with Crippen LogP contribution in [0, 0.1) is 0 Å². The summed E-state index contributed by atoms with van der Waals surface area (Å²) in [7, 11) is 0. The van der Waals surface area contributed by atoms with Crippen LogP contribution in [-0.2, 0) is 0 Å². The largest absolute Gasteiger partial charge is 0.409 e. The maximum absolute atomic E-state index is 9.25. The van der Waals surface area contributed by atoms with Crippen LogP contribution in [0.2, 0.25) is 5.02 Å². The van der Waals surface area contributed by atoms with Crippen molar-refractivity contribution in [1.82, 2.24) is 4.98 Å². The van der Waals surface area contributed by atoms with Gasteiger partial charge in [-0.15, -0.1) is 0 Å². The summed E-state index contributed by atoms with van der Waals surface area (Å²) in [5.41, 5.74) is 6.02. The van der Waals surface area contributed by atoms with E-state index in [0.29, 0.717) is 22.9 Å². The van der Waals surface area contributed by atoms with E-state index >= 15 is 0 Å². The van der Waals surface area contributed by atoms with Crippen molar-refractivity contribution < 1.29 is 10.3 Å². The Bertz CT molecular complexity index is 464. The van der Waals surface area contributed by atoms with Crippen LogP contribution in [0.15, 0.2) is 17.4 Å². The minimum Gasteiger partial charge on any atom is -0.409 e. The third-order valence-corrected chi connectivity index (χ3v) is 3.62. The van der Waals surface area contributed by atoms with E-state index in [1.54, 1.807) is 12.3 Å². The minimum absolute atomic E-state index is 0.00229. The Kier molecular flexibility index (Phi) is 6.54. The number of hydrogen-bond donors (Lipinski definition) is 3. The summed E-state index contributed by atoms with van der Waals surface area (Å²) in [5.74, 6) is 0.477. The van der Waals surface area contributed by atoms with Gasteiger partial charge in [0.05, 0.1) is 11.6 Å². The number of rotatable bonds is 7. The molecule has 1 heterocycles. The van der Waals surface area contributed by atoms with Crippen molar-refractivity contribution in [2.45, 2.75) is 32.7 Å². The maximum atomic E-state index is 9.25.